The summed E-state index contributed by atoms with van der Waals surface area (Å²) >= 11 is 0. The molecule has 2 heterocycles. The van der Waals surface area contributed by atoms with Crippen molar-refractivity contribution in [1.29, 1.82) is 0 Å². The van der Waals surface area contributed by atoms with Crippen molar-refractivity contribution in [2.75, 3.05) is 18.4 Å². The number of anilines is 1. The molecule has 0 atom stereocenters. The molecule has 3 rings (SSSR count). The molecule has 1 aliphatic heterocycles. The number of nitrogens with one attached hydrogen (secondary N) is 1. The fraction of sp³-hybridized carbons (Fsp3) is 0.471. The minimum Gasteiger partial charge on any atom is -0.382 e. The summed E-state index contributed by atoms with van der Waals surface area (Å²) in [5.74, 6) is 0. The van der Waals surface area contributed by atoms with E-state index < -0.39 is 0 Å². The molecule has 3 heteroatoms. The molecule has 1 aromatic heterocycles. The van der Waals surface area contributed by atoms with Gasteiger partial charge in [0.15, 0.2) is 0 Å². The van der Waals surface area contributed by atoms with Gasteiger partial charge in [0.05, 0.1) is 5.52 Å². The summed E-state index contributed by atoms with van der Waals surface area (Å²) in [4.78, 5) is 6.92. The van der Waals surface area contributed by atoms with Gasteiger partial charge in [0.2, 0.25) is 0 Å². The first-order chi connectivity index (χ1) is 9.72. The maximum atomic E-state index is 4.36. The Balaban J connectivity index is 1.65. The second kappa shape index (κ2) is 5.80. The smallest absolute Gasteiger partial charge is 0.0703 e. The van der Waals surface area contributed by atoms with Crippen LogP contribution in [0.4, 0.5) is 5.69 Å². The van der Waals surface area contributed by atoms with Gasteiger partial charge in [0.1, 0.15) is 0 Å². The van der Waals surface area contributed by atoms with E-state index >= 15 is 0 Å². The highest BCUT2D eigenvalue weighted by molar-refractivity contribution is 5.82. The predicted octanol–water partition coefficient (Wildman–Crippen LogP) is 3.52. The van der Waals surface area contributed by atoms with Gasteiger partial charge in [-0.15, -0.1) is 0 Å². The molecule has 0 aliphatic carbocycles. The van der Waals surface area contributed by atoms with Gasteiger partial charge in [-0.3, -0.25) is 4.98 Å². The SMILES string of the molecule is CC(C)N1CCC(Nc2ccc3ncccc3c2)CC1. The maximum absolute atomic E-state index is 4.36. The van der Waals surface area contributed by atoms with Crippen LogP contribution in [-0.2, 0) is 0 Å². The second-order valence-corrected chi connectivity index (χ2v) is 5.96. The van der Waals surface area contributed by atoms with Gasteiger partial charge in [0, 0.05) is 42.4 Å². The molecule has 0 spiro atoms. The van der Waals surface area contributed by atoms with Crippen LogP contribution in [0.3, 0.4) is 0 Å². The fourth-order valence-electron chi connectivity index (χ4n) is 2.96. The molecule has 20 heavy (non-hydrogen) atoms. The Labute approximate surface area is 121 Å². The van der Waals surface area contributed by atoms with Crippen LogP contribution in [0.25, 0.3) is 10.9 Å². The van der Waals surface area contributed by atoms with Crippen molar-refractivity contribution in [3.05, 3.63) is 36.5 Å². The van der Waals surface area contributed by atoms with Crippen LogP contribution < -0.4 is 5.32 Å². The van der Waals surface area contributed by atoms with Gasteiger partial charge in [0.25, 0.3) is 0 Å². The van der Waals surface area contributed by atoms with E-state index in [2.05, 4.69) is 53.3 Å². The second-order valence-electron chi connectivity index (χ2n) is 5.96. The summed E-state index contributed by atoms with van der Waals surface area (Å²) in [6.45, 7) is 6.96. The molecular formula is C17H23N3. The number of rotatable bonds is 3. The Hall–Kier alpha value is -1.61. The Morgan fingerprint density at radius 1 is 1.20 bits per heavy atom. The molecular weight excluding hydrogens is 246 g/mol. The topological polar surface area (TPSA) is 28.2 Å². The third-order valence-corrected chi connectivity index (χ3v) is 4.23. The van der Waals surface area contributed by atoms with Crippen molar-refractivity contribution >= 4 is 16.6 Å². The van der Waals surface area contributed by atoms with Crippen LogP contribution in [0.1, 0.15) is 26.7 Å². The zero-order chi connectivity index (χ0) is 13.9. The zero-order valence-electron chi connectivity index (χ0n) is 12.3. The van der Waals surface area contributed by atoms with Gasteiger partial charge in [-0.25, -0.2) is 0 Å². The number of aromatic nitrogens is 1. The predicted molar refractivity (Wildman–Crippen MR) is 85.1 cm³/mol. The molecule has 1 aromatic carbocycles. The molecule has 1 saturated heterocycles. The number of fused-ring (bicyclic) bond motifs is 1. The highest BCUT2D eigenvalue weighted by atomic mass is 15.2. The van der Waals surface area contributed by atoms with Gasteiger partial charge in [-0.2, -0.15) is 0 Å². The summed E-state index contributed by atoms with van der Waals surface area (Å²) in [6, 6.07) is 11.8. The van der Waals surface area contributed by atoms with Crippen LogP contribution in [-0.4, -0.2) is 35.1 Å². The largest absolute Gasteiger partial charge is 0.382 e. The summed E-state index contributed by atoms with van der Waals surface area (Å²) in [5, 5.41) is 4.88. The molecule has 0 radical (unpaired) electrons. The van der Waals surface area contributed by atoms with E-state index in [9.17, 15) is 0 Å². The van der Waals surface area contributed by atoms with E-state index in [0.29, 0.717) is 12.1 Å². The van der Waals surface area contributed by atoms with Crippen molar-refractivity contribution in [3.63, 3.8) is 0 Å². The molecule has 0 bridgehead atoms. The van der Waals surface area contributed by atoms with Crippen LogP contribution in [0.5, 0.6) is 0 Å². The Bertz CT molecular complexity index is 571. The van der Waals surface area contributed by atoms with Crippen molar-refractivity contribution in [2.45, 2.75) is 38.8 Å². The number of piperidine rings is 1. The standard InChI is InChI=1S/C17H23N3/c1-13(2)20-10-7-15(8-11-20)19-16-5-6-17-14(12-16)4-3-9-18-17/h3-6,9,12-13,15,19H,7-8,10-11H2,1-2H3. The molecule has 1 N–H and O–H groups in total. The summed E-state index contributed by atoms with van der Waals surface area (Å²) < 4.78 is 0. The average Bonchev–Trinajstić information content (AvgIpc) is 2.48. The fourth-order valence-corrected chi connectivity index (χ4v) is 2.96. The van der Waals surface area contributed by atoms with Gasteiger partial charge >= 0.3 is 0 Å². The van der Waals surface area contributed by atoms with Crippen molar-refractivity contribution in [2.24, 2.45) is 0 Å². The number of benzene rings is 1. The van der Waals surface area contributed by atoms with Crippen molar-refractivity contribution < 1.29 is 0 Å². The number of hydrogen-bond donors (Lipinski definition) is 1. The quantitative estimate of drug-likeness (QED) is 0.924. The van der Waals surface area contributed by atoms with E-state index in [0.717, 1.165) is 5.52 Å². The monoisotopic (exact) mass is 269 g/mol. The lowest BCUT2D eigenvalue weighted by molar-refractivity contribution is 0.177. The number of nitrogens with zero attached hydrogens (tertiary/aromatic N) is 2. The summed E-state index contributed by atoms with van der Waals surface area (Å²) in [7, 11) is 0. The van der Waals surface area contributed by atoms with E-state index in [1.54, 1.807) is 0 Å². The molecule has 0 unspecified atom stereocenters. The van der Waals surface area contributed by atoms with Crippen LogP contribution in [0.2, 0.25) is 0 Å². The van der Waals surface area contributed by atoms with Gasteiger partial charge < -0.3 is 10.2 Å². The average molecular weight is 269 g/mol. The number of hydrogen-bond acceptors (Lipinski definition) is 3. The molecule has 2 aromatic rings. The van der Waals surface area contributed by atoms with Gasteiger partial charge in [-0.05, 0) is 51.0 Å². The lowest BCUT2D eigenvalue weighted by atomic mass is 10.0. The molecule has 0 amide bonds. The third kappa shape index (κ3) is 2.93. The lowest BCUT2D eigenvalue weighted by Crippen LogP contribution is -2.42. The molecule has 1 aliphatic rings. The first kappa shape index (κ1) is 13.4. The minimum absolute atomic E-state index is 0.596. The first-order valence-electron chi connectivity index (χ1n) is 7.58. The molecule has 1 fully saturated rings. The van der Waals surface area contributed by atoms with Crippen molar-refractivity contribution in [3.8, 4) is 0 Å². The highest BCUT2D eigenvalue weighted by Crippen LogP contribution is 2.21. The Morgan fingerprint density at radius 3 is 2.75 bits per heavy atom. The normalized spacial score (nSPS) is 17.8. The minimum atomic E-state index is 0.596. The molecule has 0 saturated carbocycles. The number of pyridine rings is 1. The molecule has 3 nitrogen and oxygen atoms in total. The summed E-state index contributed by atoms with van der Waals surface area (Å²) in [5.41, 5.74) is 2.28. The Kier molecular flexibility index (Phi) is 3.88. The van der Waals surface area contributed by atoms with E-state index in [-0.39, 0.29) is 0 Å². The van der Waals surface area contributed by atoms with Crippen molar-refractivity contribution in [1.82, 2.24) is 9.88 Å². The van der Waals surface area contributed by atoms with Crippen LogP contribution >= 0.6 is 0 Å². The zero-order valence-corrected chi connectivity index (χ0v) is 12.3. The van der Waals surface area contributed by atoms with Crippen LogP contribution in [0.15, 0.2) is 36.5 Å². The summed E-state index contributed by atoms with van der Waals surface area (Å²) in [6.07, 6.45) is 4.30. The van der Waals surface area contributed by atoms with E-state index in [1.807, 2.05) is 12.3 Å². The van der Waals surface area contributed by atoms with Crippen LogP contribution in [0, 0.1) is 0 Å². The Morgan fingerprint density at radius 2 is 2.00 bits per heavy atom. The van der Waals surface area contributed by atoms with Gasteiger partial charge in [-0.1, -0.05) is 6.07 Å². The number of likely N-dealkylation sites (tertiary alicyclic amines) is 1. The van der Waals surface area contributed by atoms with E-state index in [4.69, 9.17) is 0 Å². The lowest BCUT2D eigenvalue weighted by Gasteiger charge is -2.35. The maximum Gasteiger partial charge on any atom is 0.0703 e. The first-order valence-corrected chi connectivity index (χ1v) is 7.58. The third-order valence-electron chi connectivity index (χ3n) is 4.23. The molecule has 106 valence electrons. The highest BCUT2D eigenvalue weighted by Gasteiger charge is 2.20. The van der Waals surface area contributed by atoms with E-state index in [1.165, 1.54) is 37.0 Å².